The zero-order chi connectivity index (χ0) is 20.0. The standard InChI is InChI=1S/C24H51NO2/c1-4-6-7-8-9-10-11-12-13-14-15-16-17-18-19-20-21-25(3)22-24(26)23-27-5-2/h24,26H,4-23H2,1-3H3. The maximum absolute atomic E-state index is 9.82. The fourth-order valence-electron chi connectivity index (χ4n) is 3.69. The van der Waals surface area contributed by atoms with Gasteiger partial charge < -0.3 is 14.7 Å². The van der Waals surface area contributed by atoms with Gasteiger partial charge in [0.05, 0.1) is 12.7 Å². The van der Waals surface area contributed by atoms with E-state index in [9.17, 15) is 5.11 Å². The lowest BCUT2D eigenvalue weighted by Crippen LogP contribution is -2.32. The van der Waals surface area contributed by atoms with E-state index in [0.717, 1.165) is 13.1 Å². The Morgan fingerprint density at radius 2 is 1.07 bits per heavy atom. The fraction of sp³-hybridized carbons (Fsp3) is 1.00. The van der Waals surface area contributed by atoms with Crippen molar-refractivity contribution in [1.29, 1.82) is 0 Å². The molecule has 1 N–H and O–H groups in total. The highest BCUT2D eigenvalue weighted by Gasteiger charge is 2.07. The first-order valence-electron chi connectivity index (χ1n) is 12.1. The minimum Gasteiger partial charge on any atom is -0.389 e. The van der Waals surface area contributed by atoms with Crippen molar-refractivity contribution < 1.29 is 9.84 Å². The van der Waals surface area contributed by atoms with Gasteiger partial charge in [0.1, 0.15) is 0 Å². The largest absolute Gasteiger partial charge is 0.389 e. The van der Waals surface area contributed by atoms with E-state index in [1.165, 1.54) is 103 Å². The zero-order valence-electron chi connectivity index (χ0n) is 19.0. The lowest BCUT2D eigenvalue weighted by atomic mass is 10.0. The molecule has 27 heavy (non-hydrogen) atoms. The summed E-state index contributed by atoms with van der Waals surface area (Å²) < 4.78 is 5.25. The second-order valence-corrected chi connectivity index (χ2v) is 8.38. The van der Waals surface area contributed by atoms with E-state index in [2.05, 4.69) is 18.9 Å². The van der Waals surface area contributed by atoms with Gasteiger partial charge in [-0.25, -0.2) is 0 Å². The number of ether oxygens (including phenoxy) is 1. The molecule has 1 unspecified atom stereocenters. The molecule has 0 radical (unpaired) electrons. The first kappa shape index (κ1) is 26.9. The SMILES string of the molecule is CCCCCCCCCCCCCCCCCCN(C)CC(O)COCC. The average molecular weight is 386 g/mol. The summed E-state index contributed by atoms with van der Waals surface area (Å²) in [5.41, 5.74) is 0. The number of rotatable bonds is 22. The number of likely N-dealkylation sites (N-methyl/N-ethyl adjacent to an activating group) is 1. The van der Waals surface area contributed by atoms with Crippen LogP contribution in [0.4, 0.5) is 0 Å². The van der Waals surface area contributed by atoms with Crippen LogP contribution >= 0.6 is 0 Å². The van der Waals surface area contributed by atoms with E-state index in [1.54, 1.807) is 0 Å². The Bertz CT molecular complexity index is 273. The molecule has 0 aliphatic rings. The van der Waals surface area contributed by atoms with Gasteiger partial charge in [-0.1, -0.05) is 103 Å². The molecule has 0 aliphatic carbocycles. The van der Waals surface area contributed by atoms with Gasteiger partial charge in [-0.05, 0) is 26.9 Å². The molecule has 3 nitrogen and oxygen atoms in total. The van der Waals surface area contributed by atoms with Crippen LogP contribution in [-0.2, 0) is 4.74 Å². The van der Waals surface area contributed by atoms with Crippen LogP contribution in [0.15, 0.2) is 0 Å². The van der Waals surface area contributed by atoms with Crippen LogP contribution in [0, 0.1) is 0 Å². The Hall–Kier alpha value is -0.120. The van der Waals surface area contributed by atoms with Crippen molar-refractivity contribution in [2.75, 3.05) is 33.4 Å². The lowest BCUT2D eigenvalue weighted by Gasteiger charge is -2.20. The topological polar surface area (TPSA) is 32.7 Å². The molecule has 0 amide bonds. The predicted molar refractivity (Wildman–Crippen MR) is 120 cm³/mol. The minimum absolute atomic E-state index is 0.351. The molecule has 0 aromatic heterocycles. The number of unbranched alkanes of at least 4 members (excludes halogenated alkanes) is 15. The highest BCUT2D eigenvalue weighted by Crippen LogP contribution is 2.13. The smallest absolute Gasteiger partial charge is 0.0900 e. The second-order valence-electron chi connectivity index (χ2n) is 8.38. The van der Waals surface area contributed by atoms with E-state index in [1.807, 2.05) is 6.92 Å². The van der Waals surface area contributed by atoms with Crippen molar-refractivity contribution in [3.05, 3.63) is 0 Å². The fourth-order valence-corrected chi connectivity index (χ4v) is 3.69. The van der Waals surface area contributed by atoms with Gasteiger partial charge in [0.25, 0.3) is 0 Å². The van der Waals surface area contributed by atoms with E-state index < -0.39 is 0 Å². The number of hydrogen-bond acceptors (Lipinski definition) is 3. The first-order chi connectivity index (χ1) is 13.2. The second kappa shape index (κ2) is 22.2. The normalized spacial score (nSPS) is 12.8. The summed E-state index contributed by atoms with van der Waals surface area (Å²) in [5, 5.41) is 9.82. The van der Waals surface area contributed by atoms with E-state index in [0.29, 0.717) is 13.2 Å². The van der Waals surface area contributed by atoms with Crippen LogP contribution in [0.2, 0.25) is 0 Å². The highest BCUT2D eigenvalue weighted by molar-refractivity contribution is 4.61. The van der Waals surface area contributed by atoms with Gasteiger partial charge in [-0.2, -0.15) is 0 Å². The summed E-state index contributed by atoms with van der Waals surface area (Å²) >= 11 is 0. The number of nitrogens with zero attached hydrogens (tertiary/aromatic N) is 1. The van der Waals surface area contributed by atoms with Crippen LogP contribution in [0.3, 0.4) is 0 Å². The van der Waals surface area contributed by atoms with E-state index >= 15 is 0 Å². The monoisotopic (exact) mass is 385 g/mol. The van der Waals surface area contributed by atoms with Gasteiger partial charge in [0.2, 0.25) is 0 Å². The minimum atomic E-state index is -0.351. The molecule has 1 atom stereocenters. The molecule has 0 fully saturated rings. The van der Waals surface area contributed by atoms with Crippen molar-refractivity contribution in [2.24, 2.45) is 0 Å². The summed E-state index contributed by atoms with van der Waals surface area (Å²) in [6.45, 7) is 7.20. The van der Waals surface area contributed by atoms with Crippen LogP contribution in [0.1, 0.15) is 117 Å². The molecule has 0 aliphatic heterocycles. The Morgan fingerprint density at radius 1 is 0.667 bits per heavy atom. The molecule has 0 rings (SSSR count). The lowest BCUT2D eigenvalue weighted by molar-refractivity contribution is 0.0253. The van der Waals surface area contributed by atoms with Gasteiger partial charge in [0, 0.05) is 13.2 Å². The Balaban J connectivity index is 3.16. The van der Waals surface area contributed by atoms with Crippen molar-refractivity contribution in [3.63, 3.8) is 0 Å². The molecule has 0 aromatic carbocycles. The van der Waals surface area contributed by atoms with Gasteiger partial charge >= 0.3 is 0 Å². The summed E-state index contributed by atoms with van der Waals surface area (Å²) in [7, 11) is 2.10. The van der Waals surface area contributed by atoms with Gasteiger partial charge in [-0.15, -0.1) is 0 Å². The molecule has 3 heteroatoms. The molecule has 164 valence electrons. The summed E-state index contributed by atoms with van der Waals surface area (Å²) in [6, 6.07) is 0. The third kappa shape index (κ3) is 22.0. The summed E-state index contributed by atoms with van der Waals surface area (Å²) in [4.78, 5) is 2.23. The third-order valence-corrected chi connectivity index (χ3v) is 5.43. The van der Waals surface area contributed by atoms with Crippen molar-refractivity contribution in [2.45, 2.75) is 123 Å². The average Bonchev–Trinajstić information content (AvgIpc) is 2.66. The maximum Gasteiger partial charge on any atom is 0.0900 e. The first-order valence-corrected chi connectivity index (χ1v) is 12.1. The third-order valence-electron chi connectivity index (χ3n) is 5.43. The number of aliphatic hydroxyl groups is 1. The Morgan fingerprint density at radius 3 is 1.48 bits per heavy atom. The molecule has 0 saturated heterocycles. The maximum atomic E-state index is 9.82. The van der Waals surface area contributed by atoms with Crippen LogP contribution in [0.5, 0.6) is 0 Å². The van der Waals surface area contributed by atoms with Crippen LogP contribution in [0.25, 0.3) is 0 Å². The van der Waals surface area contributed by atoms with Crippen molar-refractivity contribution in [1.82, 2.24) is 4.90 Å². The molecular formula is C24H51NO2. The van der Waals surface area contributed by atoms with Crippen LogP contribution in [-0.4, -0.2) is 49.5 Å². The van der Waals surface area contributed by atoms with Gasteiger partial charge in [-0.3, -0.25) is 0 Å². The zero-order valence-corrected chi connectivity index (χ0v) is 19.0. The molecule has 0 saturated carbocycles. The van der Waals surface area contributed by atoms with Crippen molar-refractivity contribution >= 4 is 0 Å². The van der Waals surface area contributed by atoms with Gasteiger partial charge in [0.15, 0.2) is 0 Å². The molecule has 0 aromatic rings. The van der Waals surface area contributed by atoms with Crippen molar-refractivity contribution in [3.8, 4) is 0 Å². The van der Waals surface area contributed by atoms with E-state index in [4.69, 9.17) is 4.74 Å². The summed E-state index contributed by atoms with van der Waals surface area (Å²) in [5.74, 6) is 0. The predicted octanol–water partition coefficient (Wildman–Crippen LogP) is 6.58. The Labute approximate surface area is 171 Å². The molecule has 0 heterocycles. The highest BCUT2D eigenvalue weighted by atomic mass is 16.5. The molecule has 0 spiro atoms. The Kier molecular flexibility index (Phi) is 22.1. The van der Waals surface area contributed by atoms with E-state index in [-0.39, 0.29) is 6.10 Å². The number of hydrogen-bond donors (Lipinski definition) is 1. The summed E-state index contributed by atoms with van der Waals surface area (Å²) in [6.07, 6.45) is 22.2. The number of aliphatic hydroxyl groups excluding tert-OH is 1. The molecule has 0 bridgehead atoms. The van der Waals surface area contributed by atoms with Crippen LogP contribution < -0.4 is 0 Å². The quantitative estimate of drug-likeness (QED) is 0.214. The molecular weight excluding hydrogens is 334 g/mol.